The Balaban J connectivity index is 1.33. The van der Waals surface area contributed by atoms with Crippen LogP contribution in [0, 0.1) is 23.2 Å². The number of nitriles is 1. The molecule has 2 bridgehead atoms. The lowest BCUT2D eigenvalue weighted by atomic mass is 9.84. The molecule has 1 N–H and O–H groups in total. The van der Waals surface area contributed by atoms with E-state index in [0.717, 1.165) is 12.8 Å². The van der Waals surface area contributed by atoms with Crippen LogP contribution in [-0.4, -0.2) is 65.3 Å². The Morgan fingerprint density at radius 1 is 1.31 bits per heavy atom. The summed E-state index contributed by atoms with van der Waals surface area (Å²) in [7, 11) is 0. The van der Waals surface area contributed by atoms with E-state index in [4.69, 9.17) is 31.1 Å². The summed E-state index contributed by atoms with van der Waals surface area (Å²) in [5.74, 6) is 0.184. The minimum atomic E-state index is -0.336. The van der Waals surface area contributed by atoms with Crippen molar-refractivity contribution in [3.05, 3.63) is 40.7 Å². The van der Waals surface area contributed by atoms with Crippen LogP contribution >= 0.6 is 11.6 Å². The quantitative estimate of drug-likeness (QED) is 0.595. The number of anilines is 2. The summed E-state index contributed by atoms with van der Waals surface area (Å²) in [5.41, 5.74) is 0.713. The number of hydrogen-bond acceptors (Lipinski definition) is 9. The molecule has 2 atom stereocenters. The van der Waals surface area contributed by atoms with Crippen LogP contribution in [-0.2, 0) is 9.47 Å². The van der Waals surface area contributed by atoms with E-state index in [1.807, 2.05) is 13.0 Å². The number of nitrogens with one attached hydrogen (secondary N) is 1. The molecule has 5 rings (SSSR count). The number of ether oxygens (including phenoxy) is 3. The fourth-order valence-electron chi connectivity index (χ4n) is 4.42. The zero-order valence-electron chi connectivity index (χ0n) is 19.1. The first-order chi connectivity index (χ1) is 16.9. The molecule has 3 fully saturated rings. The third-order valence-corrected chi connectivity index (χ3v) is 6.93. The van der Waals surface area contributed by atoms with Gasteiger partial charge in [0.25, 0.3) is 0 Å². The number of likely N-dealkylation sites (tertiary alicyclic amines) is 1. The number of benzene rings is 1. The van der Waals surface area contributed by atoms with Gasteiger partial charge in [-0.3, -0.25) is 4.79 Å². The minimum absolute atomic E-state index is 0.0964. The molecule has 1 aliphatic carbocycles. The summed E-state index contributed by atoms with van der Waals surface area (Å²) in [4.78, 5) is 34.8. The smallest absolute Gasteiger partial charge is 0.410 e. The van der Waals surface area contributed by atoms with Crippen molar-refractivity contribution in [2.75, 3.05) is 31.6 Å². The van der Waals surface area contributed by atoms with Gasteiger partial charge in [-0.2, -0.15) is 5.26 Å². The van der Waals surface area contributed by atoms with Gasteiger partial charge >= 0.3 is 6.09 Å². The van der Waals surface area contributed by atoms with Gasteiger partial charge in [-0.25, -0.2) is 14.8 Å². The summed E-state index contributed by atoms with van der Waals surface area (Å²) in [5, 5.41) is 12.4. The van der Waals surface area contributed by atoms with E-state index >= 15 is 0 Å². The van der Waals surface area contributed by atoms with Crippen molar-refractivity contribution >= 4 is 35.5 Å². The predicted molar refractivity (Wildman–Crippen MR) is 125 cm³/mol. The normalized spacial score (nSPS) is 24.1. The number of nitrogens with zero attached hydrogens (tertiary/aromatic N) is 4. The highest BCUT2D eigenvalue weighted by atomic mass is 35.5. The molecule has 2 aromatic rings. The third-order valence-electron chi connectivity index (χ3n) is 6.61. The lowest BCUT2D eigenvalue weighted by molar-refractivity contribution is -0.111. The highest BCUT2D eigenvalue weighted by Gasteiger charge is 2.47. The molecule has 35 heavy (non-hydrogen) atoms. The van der Waals surface area contributed by atoms with Gasteiger partial charge in [0.2, 0.25) is 5.88 Å². The van der Waals surface area contributed by atoms with E-state index in [-0.39, 0.29) is 46.9 Å². The predicted octanol–water partition coefficient (Wildman–Crippen LogP) is 3.57. The molecule has 0 spiro atoms. The van der Waals surface area contributed by atoms with Gasteiger partial charge in [-0.1, -0.05) is 11.6 Å². The summed E-state index contributed by atoms with van der Waals surface area (Å²) in [6.07, 6.45) is 3.12. The Hall–Kier alpha value is -3.42. The van der Waals surface area contributed by atoms with Gasteiger partial charge < -0.3 is 24.4 Å². The summed E-state index contributed by atoms with van der Waals surface area (Å²) < 4.78 is 17.6. The summed E-state index contributed by atoms with van der Waals surface area (Å²) in [6, 6.07) is 6.79. The second kappa shape index (κ2) is 9.32. The Labute approximate surface area is 207 Å². The zero-order valence-corrected chi connectivity index (χ0v) is 19.8. The van der Waals surface area contributed by atoms with Crippen molar-refractivity contribution < 1.29 is 23.8 Å². The first kappa shape index (κ1) is 23.3. The van der Waals surface area contributed by atoms with E-state index in [0.29, 0.717) is 48.9 Å². The number of aromatic nitrogens is 2. The highest BCUT2D eigenvalue weighted by molar-refractivity contribution is 6.33. The van der Waals surface area contributed by atoms with Crippen molar-refractivity contribution in [3.63, 3.8) is 0 Å². The number of aldehydes is 1. The standard InChI is InChI=1S/C24H24ClN5O5/c1-24(4-5-24)35-23(32)30-8-15-11-33-12-16(9-30)20(15)34-22-17(10-31)21(27-13-28-22)29-19-3-2-14(7-26)6-18(19)25/h2-3,6,10,13,15-16,20H,4-5,8-9,11-12H2,1H3,(H,27,28,29). The van der Waals surface area contributed by atoms with Crippen LogP contribution < -0.4 is 10.1 Å². The van der Waals surface area contributed by atoms with E-state index in [2.05, 4.69) is 15.3 Å². The maximum absolute atomic E-state index is 12.7. The molecule has 2 saturated heterocycles. The minimum Gasteiger partial charge on any atom is -0.473 e. The maximum Gasteiger partial charge on any atom is 0.410 e. The topological polar surface area (TPSA) is 127 Å². The van der Waals surface area contributed by atoms with Crippen LogP contribution in [0.15, 0.2) is 24.5 Å². The molecule has 1 saturated carbocycles. The SMILES string of the molecule is CC1(OC(=O)N2CC3COCC(C2)C3Oc2ncnc(Nc3ccc(C#N)cc3Cl)c2C=O)CC1. The maximum atomic E-state index is 12.7. The Bertz CT molecular complexity index is 1180. The summed E-state index contributed by atoms with van der Waals surface area (Å²) >= 11 is 6.26. The molecule has 1 aromatic heterocycles. The molecule has 2 unspecified atom stereocenters. The molecular weight excluding hydrogens is 474 g/mol. The van der Waals surface area contributed by atoms with E-state index in [1.165, 1.54) is 12.4 Å². The fraction of sp³-hybridized carbons (Fsp3) is 0.458. The van der Waals surface area contributed by atoms with Crippen LogP contribution in [0.5, 0.6) is 5.88 Å². The Morgan fingerprint density at radius 3 is 2.69 bits per heavy atom. The van der Waals surface area contributed by atoms with Gasteiger partial charge in [0.15, 0.2) is 6.29 Å². The fourth-order valence-corrected chi connectivity index (χ4v) is 4.64. The number of hydrogen-bond donors (Lipinski definition) is 1. The van der Waals surface area contributed by atoms with Crippen LogP contribution in [0.2, 0.25) is 5.02 Å². The van der Waals surface area contributed by atoms with Gasteiger partial charge in [-0.05, 0) is 38.0 Å². The van der Waals surface area contributed by atoms with E-state index in [1.54, 1.807) is 17.0 Å². The zero-order chi connectivity index (χ0) is 24.6. The summed E-state index contributed by atoms with van der Waals surface area (Å²) in [6.45, 7) is 3.66. The second-order valence-electron chi connectivity index (χ2n) is 9.35. The molecule has 1 amide bonds. The molecule has 3 aliphatic rings. The Morgan fingerprint density at radius 2 is 2.06 bits per heavy atom. The number of carbonyl (C=O) groups is 2. The second-order valence-corrected chi connectivity index (χ2v) is 9.76. The average Bonchev–Trinajstić information content (AvgIpc) is 3.56. The largest absolute Gasteiger partial charge is 0.473 e. The van der Waals surface area contributed by atoms with E-state index < -0.39 is 0 Å². The lowest BCUT2D eigenvalue weighted by Crippen LogP contribution is -2.59. The molecule has 11 heteroatoms. The lowest BCUT2D eigenvalue weighted by Gasteiger charge is -2.46. The molecule has 2 aliphatic heterocycles. The van der Waals surface area contributed by atoms with Crippen molar-refractivity contribution in [1.29, 1.82) is 5.26 Å². The van der Waals surface area contributed by atoms with Gasteiger partial charge in [-0.15, -0.1) is 0 Å². The van der Waals surface area contributed by atoms with Crippen molar-refractivity contribution in [2.45, 2.75) is 31.5 Å². The first-order valence-electron chi connectivity index (χ1n) is 11.4. The van der Waals surface area contributed by atoms with Crippen LogP contribution in [0.3, 0.4) is 0 Å². The van der Waals surface area contributed by atoms with Gasteiger partial charge in [0.05, 0.1) is 35.6 Å². The van der Waals surface area contributed by atoms with Crippen molar-refractivity contribution in [1.82, 2.24) is 14.9 Å². The number of piperidine rings is 1. The van der Waals surface area contributed by atoms with Crippen LogP contribution in [0.1, 0.15) is 35.7 Å². The highest BCUT2D eigenvalue weighted by Crippen LogP contribution is 2.40. The van der Waals surface area contributed by atoms with Crippen molar-refractivity contribution in [3.8, 4) is 11.9 Å². The van der Waals surface area contributed by atoms with Crippen LogP contribution in [0.25, 0.3) is 0 Å². The molecule has 3 heterocycles. The number of carbonyl (C=O) groups excluding carboxylic acids is 2. The molecule has 0 radical (unpaired) electrons. The monoisotopic (exact) mass is 497 g/mol. The number of amides is 1. The molecule has 10 nitrogen and oxygen atoms in total. The number of halogens is 1. The van der Waals surface area contributed by atoms with E-state index in [9.17, 15) is 9.59 Å². The van der Waals surface area contributed by atoms with Crippen LogP contribution in [0.4, 0.5) is 16.3 Å². The van der Waals surface area contributed by atoms with Gasteiger partial charge in [0.1, 0.15) is 29.4 Å². The molecule has 1 aromatic carbocycles. The van der Waals surface area contributed by atoms with Crippen molar-refractivity contribution in [2.24, 2.45) is 11.8 Å². The molecular formula is C24H24ClN5O5. The number of rotatable bonds is 6. The van der Waals surface area contributed by atoms with Gasteiger partial charge in [0, 0.05) is 24.9 Å². The third kappa shape index (κ3) is 4.88. The number of fused-ring (bicyclic) bond motifs is 2. The first-order valence-corrected chi connectivity index (χ1v) is 11.8. The molecule has 182 valence electrons. The average molecular weight is 498 g/mol. The Kier molecular flexibility index (Phi) is 6.21.